The van der Waals surface area contributed by atoms with Crippen molar-refractivity contribution in [2.75, 3.05) is 13.2 Å². The summed E-state index contributed by atoms with van der Waals surface area (Å²) < 4.78 is 34.1. The molecule has 0 spiro atoms. The number of rotatable bonds is 23. The van der Waals surface area contributed by atoms with E-state index in [1.165, 1.54) is 28.7 Å². The summed E-state index contributed by atoms with van der Waals surface area (Å²) >= 11 is 3.00. The number of carbonyl (C=O) groups is 6. The Kier molecular flexibility index (Phi) is 22.0. The highest BCUT2D eigenvalue weighted by Gasteiger charge is 2.33. The Labute approximate surface area is 457 Å². The van der Waals surface area contributed by atoms with Gasteiger partial charge in [0.2, 0.25) is 0 Å². The van der Waals surface area contributed by atoms with Crippen molar-refractivity contribution < 1.29 is 57.2 Å². The van der Waals surface area contributed by atoms with Gasteiger partial charge < -0.3 is 28.4 Å². The number of carbonyl (C=O) groups excluding carboxylic acids is 6. The third-order valence-electron chi connectivity index (χ3n) is 13.2. The van der Waals surface area contributed by atoms with Crippen LogP contribution in [-0.4, -0.2) is 71.0 Å². The predicted octanol–water partition coefficient (Wildman–Crippen LogP) is 12.6. The number of esters is 5. The van der Waals surface area contributed by atoms with Crippen LogP contribution in [0.5, 0.6) is 17.2 Å². The normalized spacial score (nSPS) is 17.0. The van der Waals surface area contributed by atoms with E-state index in [2.05, 4.69) is 27.0 Å². The Balaban J connectivity index is 0.00000115. The van der Waals surface area contributed by atoms with Crippen LogP contribution in [-0.2, 0) is 62.2 Å². The number of hydrogen-bond donors (Lipinski definition) is 0. The third-order valence-corrected chi connectivity index (χ3v) is 14.9. The number of aryl methyl sites for hydroxylation is 2. The lowest BCUT2D eigenvalue weighted by Gasteiger charge is -2.27. The van der Waals surface area contributed by atoms with E-state index < -0.39 is 29.7 Å². The van der Waals surface area contributed by atoms with Gasteiger partial charge in [-0.3, -0.25) is 24.0 Å². The second kappa shape index (κ2) is 29.4. The van der Waals surface area contributed by atoms with Crippen LogP contribution in [0.1, 0.15) is 108 Å². The number of thiophene rings is 2. The van der Waals surface area contributed by atoms with Crippen molar-refractivity contribution in [2.45, 2.75) is 122 Å². The zero-order chi connectivity index (χ0) is 54.5. The van der Waals surface area contributed by atoms with Crippen LogP contribution in [0.15, 0.2) is 121 Å². The smallest absolute Gasteiger partial charge is 0.335 e. The molecule has 6 aromatic rings. The minimum Gasteiger partial charge on any atom is -0.462 e. The van der Waals surface area contributed by atoms with Crippen molar-refractivity contribution in [1.82, 2.24) is 9.97 Å². The molecule has 2 fully saturated rings. The summed E-state index contributed by atoms with van der Waals surface area (Å²) in [5, 5.41) is 3.90. The molecule has 3 aromatic carbocycles. The first kappa shape index (κ1) is 57.6. The van der Waals surface area contributed by atoms with E-state index in [0.29, 0.717) is 81.3 Å². The zero-order valence-electron chi connectivity index (χ0n) is 43.7. The lowest BCUT2D eigenvalue weighted by atomic mass is 9.87. The van der Waals surface area contributed by atoms with E-state index in [4.69, 9.17) is 38.4 Å². The van der Waals surface area contributed by atoms with Crippen LogP contribution in [0, 0.1) is 11.8 Å². The molecular formula is C61H66N2O12S2. The minimum atomic E-state index is -0.550. The number of hydrogen-bond acceptors (Lipinski definition) is 16. The first-order valence-electron chi connectivity index (χ1n) is 26.4. The number of benzene rings is 3. The summed E-state index contributed by atoms with van der Waals surface area (Å²) in [5.41, 5.74) is 4.49. The molecule has 3 aromatic heterocycles. The van der Waals surface area contributed by atoms with Crippen LogP contribution >= 0.6 is 22.7 Å². The van der Waals surface area contributed by atoms with Gasteiger partial charge in [-0.1, -0.05) is 75.5 Å². The number of ether oxygens (including phenoxy) is 6. The molecular weight excluding hydrogens is 1020 g/mol. The van der Waals surface area contributed by atoms with Gasteiger partial charge >= 0.3 is 29.8 Å². The fraction of sp³-hybridized carbons (Fsp3) is 0.377. The van der Waals surface area contributed by atoms with Gasteiger partial charge in [0.25, 0.3) is 0 Å². The van der Waals surface area contributed by atoms with E-state index in [0.717, 1.165) is 58.6 Å². The average Bonchev–Trinajstić information content (AvgIpc) is 4.22. The maximum absolute atomic E-state index is 13.8. The predicted molar refractivity (Wildman–Crippen MR) is 297 cm³/mol. The molecule has 404 valence electrons. The Morgan fingerprint density at radius 1 is 0.558 bits per heavy atom. The highest BCUT2D eigenvalue weighted by Crippen LogP contribution is 2.41. The molecule has 2 saturated carbocycles. The van der Waals surface area contributed by atoms with Crippen molar-refractivity contribution in [3.05, 3.63) is 138 Å². The number of aromatic nitrogens is 2. The summed E-state index contributed by atoms with van der Waals surface area (Å²) in [7, 11) is 0. The highest BCUT2D eigenvalue weighted by atomic mass is 32.1. The molecule has 0 saturated heterocycles. The molecule has 14 nitrogen and oxygen atoms in total. The van der Waals surface area contributed by atoms with E-state index in [9.17, 15) is 28.8 Å². The molecule has 2 aliphatic carbocycles. The molecule has 0 atom stereocenters. The highest BCUT2D eigenvalue weighted by molar-refractivity contribution is 7.14. The molecule has 0 unspecified atom stereocenters. The van der Waals surface area contributed by atoms with Crippen molar-refractivity contribution in [3.8, 4) is 38.4 Å². The number of ketones is 1. The van der Waals surface area contributed by atoms with Crippen LogP contribution in [0.25, 0.3) is 32.2 Å². The topological polar surface area (TPSA) is 184 Å². The standard InChI is InChI=1S/C55H52N2O11S2.C6H14O/c1-3-39(58)33-36-11-9-34(10-12-36)15-29-48(60)65-41-23-17-37(18-24-41)54(62)67-43-27-28-44(51-50(43)56-52(45-7-5-31-69-45)53(57-51)46-8-6-32-70-46)68-55(63)38-19-25-42(26-20-38)66-49(61)30-16-35-13-21-40(22-14-35)64-47(59)4-2;1-3-5-7-6-4-2/h3-14,21-22,27-28,31-32,37-38,41-42H,1-2,15-20,23-26,29-30,33H2;3-6H2,1-2H3. The second-order valence-corrected chi connectivity index (χ2v) is 20.8. The van der Waals surface area contributed by atoms with Crippen LogP contribution < -0.4 is 14.2 Å². The fourth-order valence-electron chi connectivity index (χ4n) is 8.99. The monoisotopic (exact) mass is 1080 g/mol. The number of nitrogens with zero attached hydrogens (tertiary/aromatic N) is 2. The lowest BCUT2D eigenvalue weighted by molar-refractivity contribution is -0.153. The van der Waals surface area contributed by atoms with Gasteiger partial charge in [-0.2, -0.15) is 0 Å². The minimum absolute atomic E-state index is 0.0514. The lowest BCUT2D eigenvalue weighted by Crippen LogP contribution is -2.30. The van der Waals surface area contributed by atoms with Crippen molar-refractivity contribution >= 4 is 69.3 Å². The molecule has 0 bridgehead atoms. The molecule has 8 rings (SSSR count). The number of allylic oxidation sites excluding steroid dienone is 1. The summed E-state index contributed by atoms with van der Waals surface area (Å²) in [6, 6.07) is 25.4. The summed E-state index contributed by atoms with van der Waals surface area (Å²) in [5.74, 6) is -2.23. The van der Waals surface area contributed by atoms with Crippen molar-refractivity contribution in [2.24, 2.45) is 11.8 Å². The Hall–Kier alpha value is -7.14. The number of fused-ring (bicyclic) bond motifs is 1. The van der Waals surface area contributed by atoms with Gasteiger partial charge in [0.05, 0.1) is 21.6 Å². The molecule has 16 heteroatoms. The van der Waals surface area contributed by atoms with E-state index in [1.807, 2.05) is 59.3 Å². The van der Waals surface area contributed by atoms with Crippen LogP contribution in [0.4, 0.5) is 0 Å². The van der Waals surface area contributed by atoms with Gasteiger partial charge in [-0.05, 0) is 147 Å². The molecule has 3 heterocycles. The first-order chi connectivity index (χ1) is 37.4. The van der Waals surface area contributed by atoms with Gasteiger partial charge in [-0.15, -0.1) is 22.7 Å². The van der Waals surface area contributed by atoms with Crippen molar-refractivity contribution in [3.63, 3.8) is 0 Å². The van der Waals surface area contributed by atoms with Gasteiger partial charge in [0.1, 0.15) is 40.4 Å². The third kappa shape index (κ3) is 17.2. The quantitative estimate of drug-likeness (QED) is 0.0255. The van der Waals surface area contributed by atoms with Crippen molar-refractivity contribution in [1.29, 1.82) is 0 Å². The second-order valence-electron chi connectivity index (χ2n) is 18.9. The van der Waals surface area contributed by atoms with Gasteiger partial charge in [-0.25, -0.2) is 14.8 Å². The first-order valence-corrected chi connectivity index (χ1v) is 28.2. The average molecular weight is 1080 g/mol. The Morgan fingerprint density at radius 2 is 1.00 bits per heavy atom. The van der Waals surface area contributed by atoms with Crippen LogP contribution in [0.3, 0.4) is 0 Å². The van der Waals surface area contributed by atoms with E-state index in [1.54, 1.807) is 36.4 Å². The molecule has 0 N–H and O–H groups in total. The molecule has 2 aliphatic rings. The summed E-state index contributed by atoms with van der Waals surface area (Å²) in [6.07, 6.45) is 9.56. The summed E-state index contributed by atoms with van der Waals surface area (Å²) in [4.78, 5) is 88.3. The van der Waals surface area contributed by atoms with Gasteiger partial charge in [0.15, 0.2) is 17.3 Å². The fourth-order valence-corrected chi connectivity index (χ4v) is 10.4. The maximum Gasteiger partial charge on any atom is 0.335 e. The molecule has 0 amide bonds. The molecule has 0 radical (unpaired) electrons. The van der Waals surface area contributed by atoms with E-state index >= 15 is 0 Å². The SMILES string of the molecule is C=CC(=O)Cc1ccc(CCC(=O)OC2CCC(C(=O)Oc3ccc(OC(=O)C4CCC(OC(=O)CCc5ccc(OC(=O)C=C)cc5)CC4)c4nc(-c5cccs5)c(-c5cccs5)nc34)CC2)cc1.CCCOCCC. The molecule has 0 aliphatic heterocycles. The molecule has 77 heavy (non-hydrogen) atoms. The Morgan fingerprint density at radius 3 is 1.40 bits per heavy atom. The van der Waals surface area contributed by atoms with Crippen LogP contribution in [0.2, 0.25) is 0 Å². The Bertz CT molecular complexity index is 2740. The van der Waals surface area contributed by atoms with Gasteiger partial charge in [0, 0.05) is 38.6 Å². The maximum atomic E-state index is 13.8. The zero-order valence-corrected chi connectivity index (χ0v) is 45.4. The summed E-state index contributed by atoms with van der Waals surface area (Å²) in [6.45, 7) is 13.0. The largest absolute Gasteiger partial charge is 0.462 e. The van der Waals surface area contributed by atoms with E-state index in [-0.39, 0.29) is 71.7 Å².